The third-order valence-corrected chi connectivity index (χ3v) is 1.78. The van der Waals surface area contributed by atoms with Gasteiger partial charge in [0, 0.05) is 10.3 Å². The molecule has 60 valence electrons. The van der Waals surface area contributed by atoms with Crippen molar-refractivity contribution in [3.8, 4) is 6.07 Å². The highest BCUT2D eigenvalue weighted by molar-refractivity contribution is 14.1. The second-order valence-electron chi connectivity index (χ2n) is 2.00. The fourth-order valence-electron chi connectivity index (χ4n) is 0.657. The molecular weight excluding hydrogens is 270 g/mol. The van der Waals surface area contributed by atoms with Crippen molar-refractivity contribution in [3.63, 3.8) is 0 Å². The Kier molecular flexibility index (Phi) is 3.17. The number of nitriles is 1. The van der Waals surface area contributed by atoms with Gasteiger partial charge in [0.2, 0.25) is 0 Å². The highest BCUT2D eigenvalue weighted by Gasteiger charge is 1.99. The first kappa shape index (κ1) is 9.13. The molecular formula is C8H4FIN2. The predicted octanol–water partition coefficient (Wildman–Crippen LogP) is 2.66. The van der Waals surface area contributed by atoms with Crippen molar-refractivity contribution in [2.24, 2.45) is 0 Å². The smallest absolute Gasteiger partial charge is 0.154 e. The van der Waals surface area contributed by atoms with E-state index in [1.165, 1.54) is 22.4 Å². The third kappa shape index (κ3) is 2.01. The summed E-state index contributed by atoms with van der Waals surface area (Å²) in [6.45, 7) is 0. The Balaban J connectivity index is 3.02. The molecule has 0 saturated heterocycles. The number of nitrogens with zero attached hydrogens (tertiary/aromatic N) is 2. The van der Waals surface area contributed by atoms with Crippen LogP contribution in [0, 0.1) is 11.3 Å². The van der Waals surface area contributed by atoms with Crippen molar-refractivity contribution < 1.29 is 4.39 Å². The maximum atomic E-state index is 12.8. The van der Waals surface area contributed by atoms with E-state index in [0.717, 1.165) is 0 Å². The van der Waals surface area contributed by atoms with Crippen molar-refractivity contribution in [3.05, 3.63) is 33.7 Å². The lowest BCUT2D eigenvalue weighted by molar-refractivity contribution is 0.755. The minimum atomic E-state index is -0.389. The Morgan fingerprint density at radius 1 is 1.67 bits per heavy atom. The first-order valence-electron chi connectivity index (χ1n) is 3.10. The lowest BCUT2D eigenvalue weighted by Crippen LogP contribution is -1.84. The Morgan fingerprint density at radius 2 is 2.42 bits per heavy atom. The van der Waals surface area contributed by atoms with Crippen LogP contribution in [0.1, 0.15) is 11.3 Å². The number of pyridine rings is 1. The van der Waals surface area contributed by atoms with Crippen LogP contribution in [0.5, 0.6) is 0 Å². The molecule has 0 unspecified atom stereocenters. The zero-order valence-electron chi connectivity index (χ0n) is 5.96. The predicted molar refractivity (Wildman–Crippen MR) is 52.1 cm³/mol. The van der Waals surface area contributed by atoms with Gasteiger partial charge in [-0.3, -0.25) is 4.98 Å². The van der Waals surface area contributed by atoms with E-state index in [4.69, 9.17) is 5.26 Å². The first-order valence-corrected chi connectivity index (χ1v) is 4.35. The molecule has 1 aromatic heterocycles. The molecule has 0 aliphatic heterocycles. The molecule has 1 rings (SSSR count). The van der Waals surface area contributed by atoms with Gasteiger partial charge in [-0.2, -0.15) is 5.26 Å². The first-order chi connectivity index (χ1) is 5.77. The van der Waals surface area contributed by atoms with E-state index in [0.29, 0.717) is 5.56 Å². The van der Waals surface area contributed by atoms with E-state index in [1.54, 1.807) is 22.6 Å². The second-order valence-corrected chi connectivity index (χ2v) is 2.62. The molecule has 0 saturated carbocycles. The van der Waals surface area contributed by atoms with Crippen molar-refractivity contribution in [2.75, 3.05) is 0 Å². The van der Waals surface area contributed by atoms with Gasteiger partial charge in [-0.15, -0.1) is 0 Å². The SMILES string of the molecule is N#Cc1ccc(C(F)=CI)nc1. The molecule has 2 nitrogen and oxygen atoms in total. The average Bonchev–Trinajstić information content (AvgIpc) is 2.17. The zero-order valence-corrected chi connectivity index (χ0v) is 8.12. The van der Waals surface area contributed by atoms with Gasteiger partial charge < -0.3 is 0 Å². The van der Waals surface area contributed by atoms with Crippen molar-refractivity contribution in [1.82, 2.24) is 4.98 Å². The van der Waals surface area contributed by atoms with Gasteiger partial charge >= 0.3 is 0 Å². The van der Waals surface area contributed by atoms with Gasteiger partial charge in [0.25, 0.3) is 0 Å². The summed E-state index contributed by atoms with van der Waals surface area (Å²) >= 11 is 1.79. The zero-order chi connectivity index (χ0) is 8.97. The monoisotopic (exact) mass is 274 g/mol. The van der Waals surface area contributed by atoms with Crippen LogP contribution in [-0.4, -0.2) is 4.98 Å². The highest BCUT2D eigenvalue weighted by atomic mass is 127. The Labute approximate surface area is 82.9 Å². The van der Waals surface area contributed by atoms with E-state index < -0.39 is 0 Å². The quantitative estimate of drug-likeness (QED) is 0.738. The standard InChI is InChI=1S/C8H4FIN2/c9-7(3-10)8-2-1-6(4-11)5-12-8/h1-3,5H. The molecule has 0 atom stereocenters. The Morgan fingerprint density at radius 3 is 2.83 bits per heavy atom. The summed E-state index contributed by atoms with van der Waals surface area (Å²) in [7, 11) is 0. The number of hydrogen-bond acceptors (Lipinski definition) is 2. The molecule has 0 N–H and O–H groups in total. The van der Waals surface area contributed by atoms with Gasteiger partial charge in [0.15, 0.2) is 5.83 Å². The number of rotatable bonds is 1. The molecule has 4 heteroatoms. The average molecular weight is 274 g/mol. The molecule has 0 bridgehead atoms. The maximum Gasteiger partial charge on any atom is 0.154 e. The van der Waals surface area contributed by atoms with Gasteiger partial charge in [-0.05, 0) is 34.7 Å². The minimum Gasteiger partial charge on any atom is -0.252 e. The minimum absolute atomic E-state index is 0.253. The van der Waals surface area contributed by atoms with Crippen molar-refractivity contribution in [1.29, 1.82) is 5.26 Å². The lowest BCUT2D eigenvalue weighted by atomic mass is 10.2. The van der Waals surface area contributed by atoms with E-state index in [9.17, 15) is 4.39 Å². The fourth-order valence-corrected chi connectivity index (χ4v) is 0.976. The van der Waals surface area contributed by atoms with Crippen molar-refractivity contribution in [2.45, 2.75) is 0 Å². The largest absolute Gasteiger partial charge is 0.252 e. The summed E-state index contributed by atoms with van der Waals surface area (Å²) in [5.41, 5.74) is 0.684. The molecule has 1 heterocycles. The number of halogens is 2. The summed E-state index contributed by atoms with van der Waals surface area (Å²) in [4.78, 5) is 3.75. The molecule has 1 aromatic rings. The molecule has 0 fully saturated rings. The van der Waals surface area contributed by atoms with E-state index in [-0.39, 0.29) is 11.5 Å². The highest BCUT2D eigenvalue weighted by Crippen LogP contribution is 2.14. The van der Waals surface area contributed by atoms with E-state index >= 15 is 0 Å². The normalized spacial score (nSPS) is 10.9. The number of hydrogen-bond donors (Lipinski definition) is 0. The summed E-state index contributed by atoms with van der Waals surface area (Å²) in [5, 5.41) is 8.42. The molecule has 0 aromatic carbocycles. The molecule has 0 aliphatic carbocycles. The molecule has 0 amide bonds. The van der Waals surface area contributed by atoms with Crippen LogP contribution in [0.25, 0.3) is 5.83 Å². The maximum absolute atomic E-state index is 12.8. The molecule has 12 heavy (non-hydrogen) atoms. The van der Waals surface area contributed by atoms with Gasteiger partial charge in [-0.1, -0.05) is 0 Å². The van der Waals surface area contributed by atoms with Gasteiger partial charge in [0.1, 0.15) is 6.07 Å². The number of aromatic nitrogens is 1. The summed E-state index contributed by atoms with van der Waals surface area (Å²) in [5.74, 6) is -0.389. The summed E-state index contributed by atoms with van der Waals surface area (Å²) in [6, 6.07) is 4.91. The summed E-state index contributed by atoms with van der Waals surface area (Å²) < 4.78 is 14.1. The molecule has 0 aliphatic rings. The van der Waals surface area contributed by atoms with Gasteiger partial charge in [-0.25, -0.2) is 4.39 Å². The van der Waals surface area contributed by atoms with Crippen LogP contribution in [0.4, 0.5) is 4.39 Å². The fraction of sp³-hybridized carbons (Fsp3) is 0. The van der Waals surface area contributed by atoms with Crippen LogP contribution in [-0.2, 0) is 0 Å². The second kappa shape index (κ2) is 4.16. The summed E-state index contributed by atoms with van der Waals surface area (Å²) in [6.07, 6.45) is 1.34. The van der Waals surface area contributed by atoms with E-state index in [2.05, 4.69) is 4.98 Å². The van der Waals surface area contributed by atoms with Gasteiger partial charge in [0.05, 0.1) is 11.3 Å². The van der Waals surface area contributed by atoms with Crippen molar-refractivity contribution >= 4 is 28.4 Å². The van der Waals surface area contributed by atoms with Crippen LogP contribution < -0.4 is 0 Å². The van der Waals surface area contributed by atoms with Crippen LogP contribution in [0.15, 0.2) is 22.4 Å². The lowest BCUT2D eigenvalue weighted by Gasteiger charge is -1.93. The van der Waals surface area contributed by atoms with Crippen LogP contribution in [0.2, 0.25) is 0 Å². The topological polar surface area (TPSA) is 36.7 Å². The molecule has 0 radical (unpaired) electrons. The third-order valence-electron chi connectivity index (χ3n) is 1.23. The Hall–Kier alpha value is -0.960. The molecule has 0 spiro atoms. The van der Waals surface area contributed by atoms with E-state index in [1.807, 2.05) is 6.07 Å². The Bertz CT molecular complexity index is 337. The van der Waals surface area contributed by atoms with Crippen LogP contribution >= 0.6 is 22.6 Å². The van der Waals surface area contributed by atoms with Crippen LogP contribution in [0.3, 0.4) is 0 Å².